The van der Waals surface area contributed by atoms with Crippen molar-refractivity contribution in [2.75, 3.05) is 0 Å². The van der Waals surface area contributed by atoms with Crippen LogP contribution in [-0.2, 0) is 10.0 Å². The third-order valence-corrected chi connectivity index (χ3v) is 4.13. The van der Waals surface area contributed by atoms with Crippen LogP contribution in [0.1, 0.15) is 18.1 Å². The zero-order valence-corrected chi connectivity index (χ0v) is 12.5. The Kier molecular flexibility index (Phi) is 4.37. The van der Waals surface area contributed by atoms with Gasteiger partial charge in [-0.2, -0.15) is 18.4 Å². The molecule has 0 saturated heterocycles. The van der Waals surface area contributed by atoms with E-state index in [0.29, 0.717) is 11.3 Å². The summed E-state index contributed by atoms with van der Waals surface area (Å²) in [6.07, 6.45) is 0. The van der Waals surface area contributed by atoms with Gasteiger partial charge in [-0.1, -0.05) is 29.8 Å². The first-order chi connectivity index (χ1) is 9.88. The number of aryl methyl sites for hydroxylation is 1. The molecule has 2 aromatic rings. The van der Waals surface area contributed by atoms with Crippen molar-refractivity contribution in [2.24, 2.45) is 5.10 Å². The van der Waals surface area contributed by atoms with Gasteiger partial charge in [0.25, 0.3) is 10.0 Å². The largest absolute Gasteiger partial charge is 0.276 e. The third-order valence-electron chi connectivity index (χ3n) is 2.91. The van der Waals surface area contributed by atoms with Gasteiger partial charge < -0.3 is 0 Å². The minimum absolute atomic E-state index is 0.129. The highest BCUT2D eigenvalue weighted by atomic mass is 32.2. The highest BCUT2D eigenvalue weighted by molar-refractivity contribution is 7.89. The molecule has 0 amide bonds. The summed E-state index contributed by atoms with van der Waals surface area (Å²) in [4.78, 5) is 2.28. The van der Waals surface area contributed by atoms with Crippen molar-refractivity contribution in [1.82, 2.24) is 4.83 Å². The van der Waals surface area contributed by atoms with Gasteiger partial charge in [0.15, 0.2) is 0 Å². The fraction of sp³-hybridized carbons (Fsp3) is 0.133. The molecule has 0 unspecified atom stereocenters. The van der Waals surface area contributed by atoms with E-state index in [-0.39, 0.29) is 4.90 Å². The van der Waals surface area contributed by atoms with Crippen molar-refractivity contribution in [3.8, 4) is 0 Å². The van der Waals surface area contributed by atoms with E-state index < -0.39 is 15.8 Å². The Morgan fingerprint density at radius 2 is 1.81 bits per heavy atom. The van der Waals surface area contributed by atoms with Crippen LogP contribution in [-0.4, -0.2) is 14.1 Å². The Hall–Kier alpha value is -2.21. The van der Waals surface area contributed by atoms with Crippen LogP contribution < -0.4 is 4.83 Å². The Labute approximate surface area is 123 Å². The van der Waals surface area contributed by atoms with E-state index in [0.717, 1.165) is 5.56 Å². The lowest BCUT2D eigenvalue weighted by Crippen LogP contribution is -2.20. The van der Waals surface area contributed by atoms with Gasteiger partial charge in [-0.25, -0.2) is 4.39 Å². The van der Waals surface area contributed by atoms with E-state index in [2.05, 4.69) is 9.93 Å². The number of nitrogens with zero attached hydrogens (tertiary/aromatic N) is 1. The second-order valence-electron chi connectivity index (χ2n) is 4.62. The second kappa shape index (κ2) is 6.05. The zero-order chi connectivity index (χ0) is 15.5. The number of hydrogen-bond donors (Lipinski definition) is 1. The van der Waals surface area contributed by atoms with Gasteiger partial charge in [-0.15, -0.1) is 0 Å². The van der Waals surface area contributed by atoms with E-state index in [1.807, 2.05) is 6.92 Å². The van der Waals surface area contributed by atoms with Gasteiger partial charge in [0.2, 0.25) is 0 Å². The first-order valence-electron chi connectivity index (χ1n) is 6.27. The molecule has 0 bridgehead atoms. The van der Waals surface area contributed by atoms with Crippen LogP contribution in [0.4, 0.5) is 4.39 Å². The second-order valence-corrected chi connectivity index (χ2v) is 6.28. The van der Waals surface area contributed by atoms with E-state index >= 15 is 0 Å². The molecular formula is C15H15FN2O2S. The summed E-state index contributed by atoms with van der Waals surface area (Å²) in [6, 6.07) is 12.2. The van der Waals surface area contributed by atoms with Gasteiger partial charge in [0.05, 0.1) is 10.6 Å². The summed E-state index contributed by atoms with van der Waals surface area (Å²) in [5.41, 5.74) is 1.86. The topological polar surface area (TPSA) is 58.5 Å². The maximum atomic E-state index is 13.1. The Morgan fingerprint density at radius 1 is 1.14 bits per heavy atom. The smallest absolute Gasteiger partial charge is 0.207 e. The molecule has 0 radical (unpaired) electrons. The average molecular weight is 306 g/mol. The summed E-state index contributed by atoms with van der Waals surface area (Å²) in [7, 11) is -3.72. The van der Waals surface area contributed by atoms with Crippen molar-refractivity contribution in [2.45, 2.75) is 18.7 Å². The van der Waals surface area contributed by atoms with Crippen LogP contribution in [0.5, 0.6) is 0 Å². The lowest BCUT2D eigenvalue weighted by atomic mass is 10.1. The van der Waals surface area contributed by atoms with Gasteiger partial charge in [-0.05, 0) is 38.1 Å². The van der Waals surface area contributed by atoms with Crippen molar-refractivity contribution in [3.63, 3.8) is 0 Å². The van der Waals surface area contributed by atoms with Gasteiger partial charge in [-0.3, -0.25) is 0 Å². The number of halogens is 1. The molecule has 110 valence electrons. The van der Waals surface area contributed by atoms with Crippen LogP contribution in [0.25, 0.3) is 0 Å². The van der Waals surface area contributed by atoms with Crippen LogP contribution in [0.15, 0.2) is 58.5 Å². The summed E-state index contributed by atoms with van der Waals surface area (Å²) < 4.78 is 37.2. The van der Waals surface area contributed by atoms with E-state index in [4.69, 9.17) is 0 Å². The molecule has 0 aliphatic carbocycles. The number of nitrogens with one attached hydrogen (secondary N) is 1. The first kappa shape index (κ1) is 15.2. The van der Waals surface area contributed by atoms with Crippen LogP contribution >= 0.6 is 0 Å². The highest BCUT2D eigenvalue weighted by Gasteiger charge is 2.12. The number of benzene rings is 2. The minimum atomic E-state index is -3.72. The Bertz CT molecular complexity index is 769. The number of rotatable bonds is 4. The van der Waals surface area contributed by atoms with E-state index in [1.165, 1.54) is 30.3 Å². The zero-order valence-electron chi connectivity index (χ0n) is 11.7. The molecule has 0 fully saturated rings. The lowest BCUT2D eigenvalue weighted by Gasteiger charge is -2.06. The Balaban J connectivity index is 2.21. The quantitative estimate of drug-likeness (QED) is 0.697. The maximum Gasteiger partial charge on any atom is 0.276 e. The van der Waals surface area contributed by atoms with Crippen molar-refractivity contribution in [3.05, 3.63) is 65.5 Å². The predicted molar refractivity (Wildman–Crippen MR) is 80.1 cm³/mol. The Morgan fingerprint density at radius 3 is 2.43 bits per heavy atom. The summed E-state index contributed by atoms with van der Waals surface area (Å²) >= 11 is 0. The first-order valence-corrected chi connectivity index (χ1v) is 7.75. The van der Waals surface area contributed by atoms with E-state index in [9.17, 15) is 12.8 Å². The molecule has 0 aromatic heterocycles. The molecule has 0 heterocycles. The monoisotopic (exact) mass is 306 g/mol. The van der Waals surface area contributed by atoms with Crippen LogP contribution in [0.3, 0.4) is 0 Å². The van der Waals surface area contributed by atoms with Crippen LogP contribution in [0, 0.1) is 12.7 Å². The summed E-state index contributed by atoms with van der Waals surface area (Å²) in [5, 5.41) is 3.82. The number of hydrogen-bond acceptors (Lipinski definition) is 3. The average Bonchev–Trinajstić information content (AvgIpc) is 2.45. The summed E-state index contributed by atoms with van der Waals surface area (Å²) in [6.45, 7) is 3.47. The number of sulfonamides is 1. The molecule has 0 spiro atoms. The molecule has 0 aliphatic heterocycles. The fourth-order valence-electron chi connectivity index (χ4n) is 1.68. The molecule has 6 heteroatoms. The lowest BCUT2D eigenvalue weighted by molar-refractivity contribution is 0.584. The highest BCUT2D eigenvalue weighted by Crippen LogP contribution is 2.10. The van der Waals surface area contributed by atoms with Gasteiger partial charge >= 0.3 is 0 Å². The molecule has 21 heavy (non-hydrogen) atoms. The predicted octanol–water partition coefficient (Wildman–Crippen LogP) is 2.84. The summed E-state index contributed by atoms with van der Waals surface area (Å²) in [5.74, 6) is -0.400. The standard InChI is InChI=1S/C15H15FN2O2S/c1-11-6-8-15(9-7-11)21(19,20)18-17-12(2)13-4-3-5-14(16)10-13/h3-10,18H,1-2H3/b17-12-. The minimum Gasteiger partial charge on any atom is -0.207 e. The molecule has 2 aromatic carbocycles. The van der Waals surface area contributed by atoms with Crippen LogP contribution in [0.2, 0.25) is 0 Å². The van der Waals surface area contributed by atoms with Crippen molar-refractivity contribution in [1.29, 1.82) is 0 Å². The van der Waals surface area contributed by atoms with E-state index in [1.54, 1.807) is 25.1 Å². The molecular weight excluding hydrogens is 291 g/mol. The molecule has 2 rings (SSSR count). The maximum absolute atomic E-state index is 13.1. The molecule has 1 N–H and O–H groups in total. The normalized spacial score (nSPS) is 12.2. The number of hydrazone groups is 1. The van der Waals surface area contributed by atoms with Crippen molar-refractivity contribution >= 4 is 15.7 Å². The fourth-order valence-corrected chi connectivity index (χ4v) is 2.53. The molecule has 4 nitrogen and oxygen atoms in total. The third kappa shape index (κ3) is 3.88. The van der Waals surface area contributed by atoms with Gasteiger partial charge in [0, 0.05) is 5.56 Å². The molecule has 0 aliphatic rings. The SMILES string of the molecule is C/C(=N/NS(=O)(=O)c1ccc(C)cc1)c1cccc(F)c1. The molecule has 0 saturated carbocycles. The molecule has 0 atom stereocenters. The van der Waals surface area contributed by atoms with Crippen molar-refractivity contribution < 1.29 is 12.8 Å². The van der Waals surface area contributed by atoms with Gasteiger partial charge in [0.1, 0.15) is 5.82 Å².